The molecule has 0 saturated carbocycles. The van der Waals surface area contributed by atoms with E-state index in [2.05, 4.69) is 39.2 Å². The summed E-state index contributed by atoms with van der Waals surface area (Å²) in [5.41, 5.74) is 8.63. The molecule has 0 aromatic carbocycles. The number of nitrogens with one attached hydrogen (secondary N) is 1. The molecule has 0 bridgehead atoms. The zero-order valence-corrected chi connectivity index (χ0v) is 19.7. The second-order valence-electron chi connectivity index (χ2n) is 9.15. The minimum absolute atomic E-state index is 0.0669. The molecule has 0 radical (unpaired) electrons. The summed E-state index contributed by atoms with van der Waals surface area (Å²) in [4.78, 5) is 23.1. The number of hydrogen-bond acceptors (Lipinski definition) is 4. The lowest BCUT2D eigenvalue weighted by molar-refractivity contribution is 0.0726. The predicted molar refractivity (Wildman–Crippen MR) is 132 cm³/mol. The van der Waals surface area contributed by atoms with E-state index in [0.29, 0.717) is 5.56 Å². The normalized spacial score (nSPS) is 14.4. The first-order valence-corrected chi connectivity index (χ1v) is 11.8. The van der Waals surface area contributed by atoms with Crippen LogP contribution in [0.4, 0.5) is 0 Å². The highest BCUT2D eigenvalue weighted by atomic mass is 16.2. The van der Waals surface area contributed by atoms with Crippen LogP contribution < -0.4 is 0 Å². The van der Waals surface area contributed by atoms with Gasteiger partial charge in [-0.2, -0.15) is 10.2 Å². The van der Waals surface area contributed by atoms with Gasteiger partial charge in [-0.25, -0.2) is 9.50 Å². The van der Waals surface area contributed by atoms with Crippen LogP contribution in [0.1, 0.15) is 41.0 Å². The van der Waals surface area contributed by atoms with Crippen LogP contribution in [0, 0.1) is 13.8 Å². The smallest absolute Gasteiger partial charge is 0.257 e. The van der Waals surface area contributed by atoms with Crippen LogP contribution in [0.5, 0.6) is 0 Å². The van der Waals surface area contributed by atoms with Crippen molar-refractivity contribution < 1.29 is 4.79 Å². The highest BCUT2D eigenvalue weighted by Gasteiger charge is 2.22. The van der Waals surface area contributed by atoms with Gasteiger partial charge >= 0.3 is 0 Å². The Morgan fingerprint density at radius 1 is 1.06 bits per heavy atom. The zero-order chi connectivity index (χ0) is 23.4. The number of piperidine rings is 1. The third-order valence-corrected chi connectivity index (χ3v) is 7.03. The number of nitrogens with zero attached hydrogens (tertiary/aromatic N) is 6. The first kappa shape index (κ1) is 20.7. The van der Waals surface area contributed by atoms with Gasteiger partial charge in [-0.05, 0) is 56.9 Å². The van der Waals surface area contributed by atoms with E-state index in [4.69, 9.17) is 0 Å². The molecule has 0 unspecified atom stereocenters. The summed E-state index contributed by atoms with van der Waals surface area (Å²) in [7, 11) is 1.96. The SMILES string of the molecule is Cc1nn(C)c(C)c1-c1cnc2[nH]cc(-c3ccn4ncc(C(=O)N5CCCCC5)c4c3)c2c1. The van der Waals surface area contributed by atoms with Gasteiger partial charge in [0.2, 0.25) is 0 Å². The number of carbonyl (C=O) groups excluding carboxylic acids is 1. The van der Waals surface area contributed by atoms with Crippen molar-refractivity contribution in [2.75, 3.05) is 13.1 Å². The van der Waals surface area contributed by atoms with Crippen molar-refractivity contribution in [2.24, 2.45) is 7.05 Å². The molecular weight excluding hydrogens is 426 g/mol. The molecule has 5 aromatic rings. The van der Waals surface area contributed by atoms with Gasteiger partial charge in [-0.15, -0.1) is 0 Å². The molecule has 1 fully saturated rings. The summed E-state index contributed by atoms with van der Waals surface area (Å²) in [6.45, 7) is 5.74. The van der Waals surface area contributed by atoms with Gasteiger partial charge < -0.3 is 9.88 Å². The van der Waals surface area contributed by atoms with Gasteiger partial charge in [-0.1, -0.05) is 0 Å². The van der Waals surface area contributed by atoms with Crippen molar-refractivity contribution in [3.05, 3.63) is 59.9 Å². The summed E-state index contributed by atoms with van der Waals surface area (Å²) < 4.78 is 3.68. The Kier molecular flexibility index (Phi) is 4.76. The third kappa shape index (κ3) is 3.21. The molecule has 8 heteroatoms. The Morgan fingerprint density at radius 3 is 2.65 bits per heavy atom. The van der Waals surface area contributed by atoms with E-state index in [-0.39, 0.29) is 5.91 Å². The van der Waals surface area contributed by atoms with Crippen LogP contribution in [0.2, 0.25) is 0 Å². The summed E-state index contributed by atoms with van der Waals surface area (Å²) in [6, 6.07) is 6.26. The quantitative estimate of drug-likeness (QED) is 0.435. The lowest BCUT2D eigenvalue weighted by Crippen LogP contribution is -2.35. The largest absolute Gasteiger partial charge is 0.346 e. The molecule has 1 aliphatic heterocycles. The Morgan fingerprint density at radius 2 is 1.88 bits per heavy atom. The number of amides is 1. The minimum Gasteiger partial charge on any atom is -0.346 e. The van der Waals surface area contributed by atoms with E-state index in [9.17, 15) is 4.79 Å². The fourth-order valence-corrected chi connectivity index (χ4v) is 5.15. The fourth-order valence-electron chi connectivity index (χ4n) is 5.15. The molecule has 0 spiro atoms. The van der Waals surface area contributed by atoms with Crippen molar-refractivity contribution in [1.29, 1.82) is 0 Å². The van der Waals surface area contributed by atoms with Crippen LogP contribution in [-0.2, 0) is 7.05 Å². The van der Waals surface area contributed by atoms with Gasteiger partial charge in [-0.3, -0.25) is 9.48 Å². The van der Waals surface area contributed by atoms with Gasteiger partial charge in [0.25, 0.3) is 5.91 Å². The van der Waals surface area contributed by atoms with Crippen LogP contribution >= 0.6 is 0 Å². The van der Waals surface area contributed by atoms with Crippen molar-refractivity contribution >= 4 is 22.5 Å². The maximum absolute atomic E-state index is 13.2. The Balaban J connectivity index is 1.45. The Labute approximate surface area is 197 Å². The first-order valence-electron chi connectivity index (χ1n) is 11.8. The van der Waals surface area contributed by atoms with Crippen LogP contribution in [0.3, 0.4) is 0 Å². The number of aromatic nitrogens is 6. The predicted octanol–water partition coefficient (Wildman–Crippen LogP) is 4.52. The maximum Gasteiger partial charge on any atom is 0.257 e. The molecule has 8 nitrogen and oxygen atoms in total. The van der Waals surface area contributed by atoms with Crippen LogP contribution in [-0.4, -0.2) is 53.3 Å². The lowest BCUT2D eigenvalue weighted by Gasteiger charge is -2.26. The fraction of sp³-hybridized carbons (Fsp3) is 0.308. The molecule has 1 N–H and O–H groups in total. The van der Waals surface area contributed by atoms with Crippen molar-refractivity contribution in [3.8, 4) is 22.3 Å². The molecule has 6 heterocycles. The number of aryl methyl sites for hydroxylation is 2. The van der Waals surface area contributed by atoms with Crippen molar-refractivity contribution in [2.45, 2.75) is 33.1 Å². The highest BCUT2D eigenvalue weighted by molar-refractivity contribution is 6.02. The number of carbonyl (C=O) groups is 1. The molecule has 0 atom stereocenters. The van der Waals surface area contributed by atoms with Crippen LogP contribution in [0.15, 0.2) is 43.0 Å². The summed E-state index contributed by atoms with van der Waals surface area (Å²) >= 11 is 0. The summed E-state index contributed by atoms with van der Waals surface area (Å²) in [6.07, 6.45) is 10.8. The van der Waals surface area contributed by atoms with E-state index < -0.39 is 0 Å². The van der Waals surface area contributed by atoms with E-state index in [1.807, 2.05) is 48.2 Å². The number of H-pyrrole nitrogens is 1. The molecule has 0 aliphatic carbocycles. The highest BCUT2D eigenvalue weighted by Crippen LogP contribution is 2.34. The molecule has 172 valence electrons. The second kappa shape index (κ2) is 7.83. The number of rotatable bonds is 3. The number of likely N-dealkylation sites (tertiary alicyclic amines) is 1. The van der Waals surface area contributed by atoms with Gasteiger partial charge in [0.15, 0.2) is 0 Å². The van der Waals surface area contributed by atoms with Gasteiger partial charge in [0.05, 0.1) is 23.0 Å². The van der Waals surface area contributed by atoms with Gasteiger partial charge in [0, 0.05) is 66.5 Å². The molecule has 1 amide bonds. The van der Waals surface area contributed by atoms with Crippen molar-refractivity contribution in [1.82, 2.24) is 34.3 Å². The molecule has 1 aliphatic rings. The van der Waals surface area contributed by atoms with Crippen molar-refractivity contribution in [3.63, 3.8) is 0 Å². The van der Waals surface area contributed by atoms with Crippen LogP contribution in [0.25, 0.3) is 38.8 Å². The molecule has 1 saturated heterocycles. The maximum atomic E-state index is 13.2. The topological polar surface area (TPSA) is 84.1 Å². The van der Waals surface area contributed by atoms with E-state index in [1.54, 1.807) is 10.7 Å². The second-order valence-corrected chi connectivity index (χ2v) is 9.15. The number of pyridine rings is 2. The average molecular weight is 454 g/mol. The molecular formula is C26H27N7O. The summed E-state index contributed by atoms with van der Waals surface area (Å²) in [5, 5.41) is 10.0. The monoisotopic (exact) mass is 453 g/mol. The zero-order valence-electron chi connectivity index (χ0n) is 19.7. The third-order valence-electron chi connectivity index (χ3n) is 7.03. The average Bonchev–Trinajstić information content (AvgIpc) is 3.54. The van der Waals surface area contributed by atoms with E-state index in [1.165, 1.54) is 6.42 Å². The van der Waals surface area contributed by atoms with E-state index in [0.717, 1.165) is 76.1 Å². The number of hydrogen-bond donors (Lipinski definition) is 1. The number of aromatic amines is 1. The molecule has 6 rings (SSSR count). The lowest BCUT2D eigenvalue weighted by atomic mass is 10.0. The summed E-state index contributed by atoms with van der Waals surface area (Å²) in [5.74, 6) is 0.0669. The Hall–Kier alpha value is -3.94. The number of fused-ring (bicyclic) bond motifs is 2. The molecule has 5 aromatic heterocycles. The first-order chi connectivity index (χ1) is 16.5. The molecule has 34 heavy (non-hydrogen) atoms. The standard InChI is InChI=1S/C26H27N7O/c1-16-24(17(2)31(3)30-16)19-11-20-21(14-28-25(20)27-13-19)18-7-10-33-23(12-18)22(15-29-33)26(34)32-8-5-4-6-9-32/h7,10-15H,4-6,8-9H2,1-3H3,(H,27,28). The van der Waals surface area contributed by atoms with E-state index >= 15 is 0 Å². The van der Waals surface area contributed by atoms with Gasteiger partial charge in [0.1, 0.15) is 5.65 Å². The Bertz CT molecular complexity index is 1550. The minimum atomic E-state index is 0.0669.